The van der Waals surface area contributed by atoms with Gasteiger partial charge in [0.2, 0.25) is 0 Å². The van der Waals surface area contributed by atoms with Gasteiger partial charge in [-0.05, 0) is 63.8 Å². The number of ether oxygens (including phenoxy) is 1. The molecular formula is C24H32N2O. The van der Waals surface area contributed by atoms with Crippen molar-refractivity contribution in [1.29, 1.82) is 0 Å². The molecule has 0 fully saturated rings. The van der Waals surface area contributed by atoms with Crippen LogP contribution in [0.5, 0.6) is 0 Å². The summed E-state index contributed by atoms with van der Waals surface area (Å²) in [5.41, 5.74) is 9.95. The second-order valence-electron chi connectivity index (χ2n) is 7.49. The topological polar surface area (TPSA) is 33.3 Å². The van der Waals surface area contributed by atoms with E-state index in [2.05, 4.69) is 82.4 Å². The summed E-state index contributed by atoms with van der Waals surface area (Å²) in [6, 6.07) is 8.94. The zero-order valence-corrected chi connectivity index (χ0v) is 17.5. The molecule has 1 atom stereocenters. The number of terminal acetylenes is 1. The molecule has 27 heavy (non-hydrogen) atoms. The zero-order valence-electron chi connectivity index (χ0n) is 17.5. The van der Waals surface area contributed by atoms with Crippen LogP contribution in [-0.4, -0.2) is 25.8 Å². The van der Waals surface area contributed by atoms with E-state index in [4.69, 9.17) is 11.2 Å². The molecule has 0 radical (unpaired) electrons. The smallest absolute Gasteiger partial charge is 0.107 e. The fourth-order valence-electron chi connectivity index (χ4n) is 3.71. The molecule has 2 aromatic carbocycles. The molecular weight excluding hydrogens is 332 g/mol. The lowest BCUT2D eigenvalue weighted by Gasteiger charge is -2.24. The van der Waals surface area contributed by atoms with Crippen molar-refractivity contribution in [2.45, 2.75) is 47.6 Å². The molecule has 0 aromatic heterocycles. The van der Waals surface area contributed by atoms with Crippen molar-refractivity contribution < 1.29 is 4.74 Å². The van der Waals surface area contributed by atoms with Crippen LogP contribution in [0.15, 0.2) is 24.3 Å². The van der Waals surface area contributed by atoms with E-state index in [1.165, 1.54) is 44.8 Å². The first-order valence-corrected chi connectivity index (χ1v) is 9.49. The van der Waals surface area contributed by atoms with Crippen molar-refractivity contribution in [2.75, 3.05) is 30.4 Å². The van der Waals surface area contributed by atoms with Crippen LogP contribution >= 0.6 is 0 Å². The summed E-state index contributed by atoms with van der Waals surface area (Å²) in [5, 5.41) is 7.28. The second kappa shape index (κ2) is 9.48. The van der Waals surface area contributed by atoms with Gasteiger partial charge in [-0.25, -0.2) is 0 Å². The number of benzene rings is 2. The van der Waals surface area contributed by atoms with Gasteiger partial charge >= 0.3 is 0 Å². The molecule has 0 aliphatic rings. The fraction of sp³-hybridized carbons (Fsp3) is 0.417. The highest BCUT2D eigenvalue weighted by molar-refractivity contribution is 5.60. The molecule has 0 aliphatic heterocycles. The Hall–Kier alpha value is -2.44. The van der Waals surface area contributed by atoms with Gasteiger partial charge in [-0.1, -0.05) is 41.3 Å². The molecule has 144 valence electrons. The second-order valence-corrected chi connectivity index (χ2v) is 7.49. The van der Waals surface area contributed by atoms with Gasteiger partial charge in [-0.2, -0.15) is 0 Å². The lowest BCUT2D eigenvalue weighted by Crippen LogP contribution is -2.34. The van der Waals surface area contributed by atoms with Crippen molar-refractivity contribution in [3.63, 3.8) is 0 Å². The van der Waals surface area contributed by atoms with E-state index in [1.54, 1.807) is 0 Å². The molecule has 0 aliphatic carbocycles. The molecule has 0 saturated carbocycles. The lowest BCUT2D eigenvalue weighted by atomic mass is 10.0. The summed E-state index contributed by atoms with van der Waals surface area (Å²) < 4.78 is 5.65. The van der Waals surface area contributed by atoms with Crippen molar-refractivity contribution >= 4 is 11.4 Å². The Balaban J connectivity index is 2.17. The van der Waals surface area contributed by atoms with Gasteiger partial charge in [0.1, 0.15) is 6.61 Å². The van der Waals surface area contributed by atoms with Crippen LogP contribution in [0.25, 0.3) is 0 Å². The normalized spacial score (nSPS) is 11.7. The van der Waals surface area contributed by atoms with E-state index in [1.807, 2.05) is 0 Å². The maximum absolute atomic E-state index is 5.65. The summed E-state index contributed by atoms with van der Waals surface area (Å²) in [5.74, 6) is 2.54. The third kappa shape index (κ3) is 5.77. The van der Waals surface area contributed by atoms with E-state index < -0.39 is 0 Å². The van der Waals surface area contributed by atoms with Crippen molar-refractivity contribution in [2.24, 2.45) is 0 Å². The molecule has 0 bridgehead atoms. The largest absolute Gasteiger partial charge is 0.382 e. The van der Waals surface area contributed by atoms with Crippen molar-refractivity contribution in [3.05, 3.63) is 57.6 Å². The number of hydrogen-bond acceptors (Lipinski definition) is 3. The minimum absolute atomic E-state index is 0.110. The van der Waals surface area contributed by atoms with E-state index in [0.29, 0.717) is 13.2 Å². The van der Waals surface area contributed by atoms with Crippen molar-refractivity contribution in [3.8, 4) is 12.3 Å². The standard InChI is InChI=1S/C24H32N2O/c1-8-9-27-15-22(26-24-20(6)12-17(3)13-21(24)7)14-25-23-18(4)10-16(2)11-19(23)5/h1,10-13,22,25-26H,9,14-15H2,2-7H3. The molecule has 0 spiro atoms. The maximum atomic E-state index is 5.65. The number of anilines is 2. The zero-order chi connectivity index (χ0) is 20.0. The first kappa shape index (κ1) is 20.9. The average Bonchev–Trinajstić information content (AvgIpc) is 2.56. The SMILES string of the molecule is C#CCOCC(CNc1c(C)cc(C)cc1C)Nc1c(C)cc(C)cc1C. The van der Waals surface area contributed by atoms with Gasteiger partial charge in [0, 0.05) is 17.9 Å². The van der Waals surface area contributed by atoms with Gasteiger partial charge in [0.05, 0.1) is 12.6 Å². The summed E-state index contributed by atoms with van der Waals surface area (Å²) in [4.78, 5) is 0. The third-order valence-corrected chi connectivity index (χ3v) is 4.73. The number of aryl methyl sites for hydroxylation is 6. The van der Waals surface area contributed by atoms with E-state index in [9.17, 15) is 0 Å². The van der Waals surface area contributed by atoms with Crippen LogP contribution < -0.4 is 10.6 Å². The Bertz CT molecular complexity index is 787. The predicted molar refractivity (Wildman–Crippen MR) is 117 cm³/mol. The Morgan fingerprint density at radius 3 is 1.81 bits per heavy atom. The molecule has 0 heterocycles. The summed E-state index contributed by atoms with van der Waals surface area (Å²) in [7, 11) is 0. The maximum Gasteiger partial charge on any atom is 0.107 e. The molecule has 3 heteroatoms. The van der Waals surface area contributed by atoms with Gasteiger partial charge in [-0.15, -0.1) is 6.42 Å². The summed E-state index contributed by atoms with van der Waals surface area (Å²) in [6.45, 7) is 14.5. The van der Waals surface area contributed by atoms with Crippen molar-refractivity contribution in [1.82, 2.24) is 0 Å². The Morgan fingerprint density at radius 1 is 0.852 bits per heavy atom. The Labute approximate surface area is 164 Å². The van der Waals surface area contributed by atoms with Gasteiger partial charge in [-0.3, -0.25) is 0 Å². The predicted octanol–water partition coefficient (Wildman–Crippen LogP) is 5.08. The van der Waals surface area contributed by atoms with E-state index in [0.717, 1.165) is 6.54 Å². The van der Waals surface area contributed by atoms with Crippen LogP contribution in [0.2, 0.25) is 0 Å². The molecule has 2 aromatic rings. The monoisotopic (exact) mass is 364 g/mol. The highest BCUT2D eigenvalue weighted by atomic mass is 16.5. The molecule has 3 nitrogen and oxygen atoms in total. The van der Waals surface area contributed by atoms with Gasteiger partial charge in [0.15, 0.2) is 0 Å². The Morgan fingerprint density at radius 2 is 1.33 bits per heavy atom. The lowest BCUT2D eigenvalue weighted by molar-refractivity contribution is 0.159. The van der Waals surface area contributed by atoms with Crippen LogP contribution in [0.3, 0.4) is 0 Å². The van der Waals surface area contributed by atoms with Gasteiger partial charge < -0.3 is 15.4 Å². The van der Waals surface area contributed by atoms with Crippen LogP contribution in [0, 0.1) is 53.9 Å². The molecule has 0 saturated heterocycles. The van der Waals surface area contributed by atoms with Crippen LogP contribution in [0.4, 0.5) is 11.4 Å². The number of hydrogen-bond donors (Lipinski definition) is 2. The fourth-order valence-corrected chi connectivity index (χ4v) is 3.71. The number of nitrogens with one attached hydrogen (secondary N) is 2. The van der Waals surface area contributed by atoms with E-state index in [-0.39, 0.29) is 6.04 Å². The van der Waals surface area contributed by atoms with Crippen LogP contribution in [-0.2, 0) is 4.74 Å². The third-order valence-electron chi connectivity index (χ3n) is 4.73. The van der Waals surface area contributed by atoms with E-state index >= 15 is 0 Å². The quantitative estimate of drug-likeness (QED) is 0.506. The molecule has 2 rings (SSSR count). The summed E-state index contributed by atoms with van der Waals surface area (Å²) in [6.07, 6.45) is 5.34. The molecule has 1 unspecified atom stereocenters. The Kier molecular flexibility index (Phi) is 7.33. The number of rotatable bonds is 8. The first-order chi connectivity index (χ1) is 12.8. The molecule has 0 amide bonds. The first-order valence-electron chi connectivity index (χ1n) is 9.49. The summed E-state index contributed by atoms with van der Waals surface area (Å²) >= 11 is 0. The minimum Gasteiger partial charge on any atom is -0.382 e. The highest BCUT2D eigenvalue weighted by Gasteiger charge is 2.14. The van der Waals surface area contributed by atoms with Crippen LogP contribution in [0.1, 0.15) is 33.4 Å². The molecule has 2 N–H and O–H groups in total. The highest BCUT2D eigenvalue weighted by Crippen LogP contribution is 2.24. The average molecular weight is 365 g/mol. The van der Waals surface area contributed by atoms with Gasteiger partial charge in [0.25, 0.3) is 0 Å². The minimum atomic E-state index is 0.110.